The number of carbonyl (C=O) groups is 5. The number of allylic oxidation sites excluding steroid dienone is 1. The van der Waals surface area contributed by atoms with Gasteiger partial charge in [-0.3, -0.25) is 9.59 Å². The van der Waals surface area contributed by atoms with E-state index in [-0.39, 0.29) is 30.7 Å². The zero-order valence-electron chi connectivity index (χ0n) is 28.9. The van der Waals surface area contributed by atoms with Crippen molar-refractivity contribution in [3.63, 3.8) is 0 Å². The molecule has 0 bridgehead atoms. The Morgan fingerprint density at radius 1 is 1.00 bits per heavy atom. The standard InChI is InChI=1S/C37H46N4O9/c1-22-12-11-16-26-30(19-28(34(44)47-2)38-31(22)26)49-25-18-29-32(42)40-37(35(45)48-3)20-23(37)13-7-5-4-6-8-17-27(33(43)41(29)21-25)39-36(46)50-24-14-9-10-15-24/h7,11-13,16,19,23-25,27,29H,4-6,8-10,14-15,17-18,20-21H2,1-3H3,(H,39,46)(H,40,42)/b13-7-/t23?,25-,27+,29+,37-/m1/s1. The molecular formula is C37H46N4O9. The van der Waals surface area contributed by atoms with E-state index in [1.54, 1.807) is 0 Å². The molecule has 2 saturated carbocycles. The molecule has 1 aromatic carbocycles. The smallest absolute Gasteiger partial charge is 0.408 e. The van der Waals surface area contributed by atoms with Gasteiger partial charge >= 0.3 is 18.0 Å². The summed E-state index contributed by atoms with van der Waals surface area (Å²) in [5, 5.41) is 6.41. The summed E-state index contributed by atoms with van der Waals surface area (Å²) in [6.07, 6.45) is 10.0. The topological polar surface area (TPSA) is 162 Å². The van der Waals surface area contributed by atoms with E-state index in [0.717, 1.165) is 50.5 Å². The number of benzene rings is 1. The molecule has 13 nitrogen and oxygen atoms in total. The Labute approximate surface area is 291 Å². The van der Waals surface area contributed by atoms with Crippen LogP contribution in [0.15, 0.2) is 36.4 Å². The van der Waals surface area contributed by atoms with Crippen LogP contribution in [-0.4, -0.2) is 90.3 Å². The number of rotatable bonds is 6. The van der Waals surface area contributed by atoms with Crippen molar-refractivity contribution in [2.24, 2.45) is 5.92 Å². The molecule has 2 N–H and O–H groups in total. The number of aromatic nitrogens is 1. The van der Waals surface area contributed by atoms with Gasteiger partial charge in [-0.25, -0.2) is 19.4 Å². The van der Waals surface area contributed by atoms with Crippen LogP contribution in [0.3, 0.4) is 0 Å². The normalized spacial score (nSPS) is 27.9. The van der Waals surface area contributed by atoms with Gasteiger partial charge in [0.25, 0.3) is 0 Å². The van der Waals surface area contributed by atoms with Gasteiger partial charge in [-0.2, -0.15) is 0 Å². The fourth-order valence-electron chi connectivity index (χ4n) is 7.50. The number of hydrogen-bond acceptors (Lipinski definition) is 10. The molecule has 2 aliphatic carbocycles. The summed E-state index contributed by atoms with van der Waals surface area (Å²) in [6, 6.07) is 5.11. The lowest BCUT2D eigenvalue weighted by Gasteiger charge is -2.29. The van der Waals surface area contributed by atoms with Crippen molar-refractivity contribution in [1.82, 2.24) is 20.5 Å². The monoisotopic (exact) mass is 690 g/mol. The summed E-state index contributed by atoms with van der Waals surface area (Å²) in [6.45, 7) is 1.89. The molecule has 50 heavy (non-hydrogen) atoms. The highest BCUT2D eigenvalue weighted by atomic mass is 16.6. The van der Waals surface area contributed by atoms with Gasteiger partial charge in [0.15, 0.2) is 5.69 Å². The Morgan fingerprint density at radius 3 is 2.54 bits per heavy atom. The molecule has 3 amide bonds. The first-order valence-corrected chi connectivity index (χ1v) is 17.6. The maximum atomic E-state index is 14.4. The zero-order valence-corrected chi connectivity index (χ0v) is 28.9. The van der Waals surface area contributed by atoms with Crippen LogP contribution in [0.5, 0.6) is 5.75 Å². The SMILES string of the molecule is COC(=O)c1cc(O[C@@H]2C[C@H]3C(=O)N[C@]4(C(=O)OC)CC4/C=C\CCCCC[C@H](NC(=O)OC4CCCC4)C(=O)N3C2)c2cccc(C)c2n1. The molecule has 3 heterocycles. The van der Waals surface area contributed by atoms with Crippen molar-refractivity contribution in [3.05, 3.63) is 47.7 Å². The number of para-hydroxylation sites is 1. The van der Waals surface area contributed by atoms with E-state index < -0.39 is 53.6 Å². The minimum atomic E-state index is -1.23. The Morgan fingerprint density at radius 2 is 1.78 bits per heavy atom. The van der Waals surface area contributed by atoms with Gasteiger partial charge in [0.05, 0.1) is 26.3 Å². The number of hydrogen-bond donors (Lipinski definition) is 2. The quantitative estimate of drug-likeness (QED) is 0.254. The van der Waals surface area contributed by atoms with Crippen LogP contribution in [-0.2, 0) is 28.6 Å². The number of amides is 3. The molecular weight excluding hydrogens is 644 g/mol. The molecule has 1 unspecified atom stereocenters. The van der Waals surface area contributed by atoms with Gasteiger partial charge < -0.3 is 34.5 Å². The lowest BCUT2D eigenvalue weighted by Crippen LogP contribution is -2.56. The van der Waals surface area contributed by atoms with E-state index in [9.17, 15) is 24.0 Å². The van der Waals surface area contributed by atoms with Gasteiger partial charge in [0.2, 0.25) is 11.8 Å². The number of fused-ring (bicyclic) bond motifs is 3. The van der Waals surface area contributed by atoms with Gasteiger partial charge in [0.1, 0.15) is 35.6 Å². The van der Waals surface area contributed by atoms with E-state index in [0.29, 0.717) is 35.9 Å². The predicted octanol–water partition coefficient (Wildman–Crippen LogP) is 4.28. The molecule has 2 aromatic rings. The van der Waals surface area contributed by atoms with E-state index in [2.05, 4.69) is 15.6 Å². The maximum Gasteiger partial charge on any atom is 0.408 e. The second kappa shape index (κ2) is 15.1. The van der Waals surface area contributed by atoms with E-state index in [4.69, 9.17) is 18.9 Å². The summed E-state index contributed by atoms with van der Waals surface area (Å²) in [5.74, 6) is -2.00. The Bertz CT molecular complexity index is 1670. The third-order valence-electron chi connectivity index (χ3n) is 10.3. The summed E-state index contributed by atoms with van der Waals surface area (Å²) >= 11 is 0. The van der Waals surface area contributed by atoms with E-state index in [1.165, 1.54) is 25.2 Å². The summed E-state index contributed by atoms with van der Waals surface area (Å²) < 4.78 is 22.2. The second-order valence-corrected chi connectivity index (χ2v) is 13.8. The van der Waals surface area contributed by atoms with Crippen molar-refractivity contribution in [1.29, 1.82) is 0 Å². The number of nitrogens with one attached hydrogen (secondary N) is 2. The number of carbonyl (C=O) groups excluding carboxylic acids is 5. The minimum absolute atomic E-state index is 0.0184. The molecule has 6 rings (SSSR count). The highest BCUT2D eigenvalue weighted by Gasteiger charge is 2.62. The van der Waals surface area contributed by atoms with Crippen LogP contribution in [0.4, 0.5) is 4.79 Å². The van der Waals surface area contributed by atoms with Crippen LogP contribution < -0.4 is 15.4 Å². The first kappa shape index (κ1) is 35.2. The molecule has 0 radical (unpaired) electrons. The Hall–Kier alpha value is -4.68. The number of ether oxygens (including phenoxy) is 4. The maximum absolute atomic E-state index is 14.4. The van der Waals surface area contributed by atoms with E-state index in [1.807, 2.05) is 37.3 Å². The molecule has 13 heteroatoms. The highest BCUT2D eigenvalue weighted by molar-refractivity contribution is 5.97. The van der Waals surface area contributed by atoms with Crippen LogP contribution in [0, 0.1) is 12.8 Å². The summed E-state index contributed by atoms with van der Waals surface area (Å²) in [7, 11) is 2.56. The Kier molecular flexibility index (Phi) is 10.6. The summed E-state index contributed by atoms with van der Waals surface area (Å²) in [4.78, 5) is 73.2. The second-order valence-electron chi connectivity index (χ2n) is 13.8. The lowest BCUT2D eigenvalue weighted by molar-refractivity contribution is -0.148. The number of nitrogens with zero attached hydrogens (tertiary/aromatic N) is 2. The number of alkyl carbamates (subject to hydrolysis) is 1. The molecule has 1 saturated heterocycles. The van der Waals surface area contributed by atoms with Crippen LogP contribution in [0.2, 0.25) is 0 Å². The Balaban J connectivity index is 1.32. The third-order valence-corrected chi connectivity index (χ3v) is 10.3. The van der Waals surface area contributed by atoms with E-state index >= 15 is 0 Å². The molecule has 4 aliphatic rings. The van der Waals surface area contributed by atoms with Crippen LogP contribution in [0.25, 0.3) is 10.9 Å². The van der Waals surface area contributed by atoms with Gasteiger partial charge in [0, 0.05) is 23.8 Å². The largest absolute Gasteiger partial charge is 0.488 e. The molecule has 1 aromatic heterocycles. The number of methoxy groups -OCH3 is 2. The zero-order chi connectivity index (χ0) is 35.4. The fourth-order valence-corrected chi connectivity index (χ4v) is 7.50. The summed E-state index contributed by atoms with van der Waals surface area (Å²) in [5.41, 5.74) is 0.216. The van der Waals surface area contributed by atoms with Crippen LogP contribution >= 0.6 is 0 Å². The van der Waals surface area contributed by atoms with Crippen molar-refractivity contribution < 1.29 is 42.9 Å². The molecule has 5 atom stereocenters. The van der Waals surface area contributed by atoms with Gasteiger partial charge in [-0.05, 0) is 69.9 Å². The first-order chi connectivity index (χ1) is 24.1. The number of esters is 2. The van der Waals surface area contributed by atoms with Gasteiger partial charge in [-0.1, -0.05) is 37.1 Å². The minimum Gasteiger partial charge on any atom is -0.488 e. The molecule has 2 aliphatic heterocycles. The molecule has 3 fully saturated rings. The van der Waals surface area contributed by atoms with Crippen molar-refractivity contribution >= 4 is 40.7 Å². The average Bonchev–Trinajstić information content (AvgIpc) is 3.38. The van der Waals surface area contributed by atoms with Crippen molar-refractivity contribution in [3.8, 4) is 5.75 Å². The van der Waals surface area contributed by atoms with Crippen molar-refractivity contribution in [2.75, 3.05) is 20.8 Å². The van der Waals surface area contributed by atoms with Crippen LogP contribution in [0.1, 0.15) is 86.7 Å². The predicted molar refractivity (Wildman–Crippen MR) is 181 cm³/mol. The number of pyridine rings is 1. The average molecular weight is 691 g/mol. The van der Waals surface area contributed by atoms with Gasteiger partial charge in [-0.15, -0.1) is 0 Å². The molecule has 268 valence electrons. The highest BCUT2D eigenvalue weighted by Crippen LogP contribution is 2.46. The fraction of sp³-hybridized carbons (Fsp3) is 0.568. The molecule has 0 spiro atoms. The third kappa shape index (κ3) is 7.41. The number of aryl methyl sites for hydroxylation is 1. The van der Waals surface area contributed by atoms with Crippen molar-refractivity contribution in [2.45, 2.75) is 107 Å². The first-order valence-electron chi connectivity index (χ1n) is 17.6. The lowest BCUT2D eigenvalue weighted by atomic mass is 10.0.